The van der Waals surface area contributed by atoms with Crippen LogP contribution in [0.4, 0.5) is 0 Å². The van der Waals surface area contributed by atoms with Crippen LogP contribution in [0.3, 0.4) is 0 Å². The van der Waals surface area contributed by atoms with Crippen LogP contribution < -0.4 is 0 Å². The molecular weight excluding hydrogens is 232 g/mol. The van der Waals surface area contributed by atoms with Crippen LogP contribution >= 0.6 is 0 Å². The quantitative estimate of drug-likeness (QED) is 0.324. The summed E-state index contributed by atoms with van der Waals surface area (Å²) in [7, 11) is 0. The maximum atomic E-state index is 10.3. The first-order valence-corrected chi connectivity index (χ1v) is 3.80. The minimum absolute atomic E-state index is 0.629. The molecule has 0 saturated heterocycles. The predicted octanol–water partition coefficient (Wildman–Crippen LogP) is -0.473. The minimum atomic E-state index is -3.60. The van der Waals surface area contributed by atoms with E-state index in [-0.39, 0.29) is 0 Å². The SMILES string of the molecule is O=[N+]([O-])CCCC([N+](=O)[O-])([N+](=O)[O-])[N+](=O)[O-]. The topological polar surface area (TPSA) is 173 Å². The van der Waals surface area contributed by atoms with Gasteiger partial charge in [0.15, 0.2) is 21.2 Å². The summed E-state index contributed by atoms with van der Waals surface area (Å²) in [5.74, 6) is -3.60. The van der Waals surface area contributed by atoms with Crippen molar-refractivity contribution in [1.82, 2.24) is 0 Å². The van der Waals surface area contributed by atoms with Crippen molar-refractivity contribution >= 4 is 0 Å². The van der Waals surface area contributed by atoms with E-state index >= 15 is 0 Å². The fourth-order valence-electron chi connectivity index (χ4n) is 0.919. The molecule has 0 atom stereocenters. The highest BCUT2D eigenvalue weighted by Gasteiger charge is 2.69. The number of nitrogens with zero attached hydrogens (tertiary/aromatic N) is 4. The maximum absolute atomic E-state index is 10.3. The van der Waals surface area contributed by atoms with Crippen molar-refractivity contribution in [2.75, 3.05) is 6.54 Å². The molecular formula is C4H6N4O8. The van der Waals surface area contributed by atoms with Gasteiger partial charge in [-0.25, -0.2) is 0 Å². The molecule has 0 unspecified atom stereocenters. The Morgan fingerprint density at radius 2 is 1.19 bits per heavy atom. The summed E-state index contributed by atoms with van der Waals surface area (Å²) < 4.78 is 0. The molecule has 0 radical (unpaired) electrons. The van der Waals surface area contributed by atoms with Gasteiger partial charge in [0.1, 0.15) is 0 Å². The van der Waals surface area contributed by atoms with Crippen molar-refractivity contribution in [3.8, 4) is 0 Å². The lowest BCUT2D eigenvalue weighted by atomic mass is 10.2. The Kier molecular flexibility index (Phi) is 4.17. The molecule has 0 aliphatic carbocycles. The smallest absolute Gasteiger partial charge is 0.265 e. The second kappa shape index (κ2) is 4.90. The van der Waals surface area contributed by atoms with Crippen molar-refractivity contribution in [3.05, 3.63) is 40.5 Å². The lowest BCUT2D eigenvalue weighted by Gasteiger charge is -2.07. The van der Waals surface area contributed by atoms with Crippen LogP contribution in [0.1, 0.15) is 12.8 Å². The van der Waals surface area contributed by atoms with Crippen molar-refractivity contribution in [2.45, 2.75) is 18.6 Å². The first-order chi connectivity index (χ1) is 7.25. The number of nitro groups is 4. The molecule has 0 saturated carbocycles. The van der Waals surface area contributed by atoms with Gasteiger partial charge in [-0.2, -0.15) is 0 Å². The number of rotatable bonds is 7. The summed E-state index contributed by atoms with van der Waals surface area (Å²) >= 11 is 0. The standard InChI is InChI=1S/C4H6N4O8/c9-5(10)3-1-2-4(6(11)12,7(13)14)8(15)16/h1-3H2. The molecule has 0 heterocycles. The average molecular weight is 238 g/mol. The van der Waals surface area contributed by atoms with E-state index in [1.807, 2.05) is 0 Å². The molecule has 0 aromatic carbocycles. The molecule has 0 amide bonds. The zero-order valence-corrected chi connectivity index (χ0v) is 7.68. The van der Waals surface area contributed by atoms with Crippen molar-refractivity contribution < 1.29 is 19.7 Å². The molecule has 12 nitrogen and oxygen atoms in total. The van der Waals surface area contributed by atoms with Crippen LogP contribution in [0.25, 0.3) is 0 Å². The molecule has 0 fully saturated rings. The van der Waals surface area contributed by atoms with E-state index in [4.69, 9.17) is 0 Å². The Bertz CT molecular complexity index is 303. The molecule has 0 N–H and O–H groups in total. The molecule has 90 valence electrons. The zero-order chi connectivity index (χ0) is 12.9. The Balaban J connectivity index is 4.92. The second-order valence-electron chi connectivity index (χ2n) is 2.71. The maximum Gasteiger partial charge on any atom is 0.700 e. The molecule has 0 aliphatic heterocycles. The zero-order valence-electron chi connectivity index (χ0n) is 7.68. The summed E-state index contributed by atoms with van der Waals surface area (Å²) in [6.07, 6.45) is -1.77. The molecule has 0 aromatic heterocycles. The first-order valence-electron chi connectivity index (χ1n) is 3.80. The highest BCUT2D eigenvalue weighted by molar-refractivity contribution is 4.53. The van der Waals surface area contributed by atoms with Gasteiger partial charge in [-0.05, 0) is 0 Å². The Labute approximate surface area is 86.4 Å². The lowest BCUT2D eigenvalue weighted by molar-refractivity contribution is -0.970. The summed E-state index contributed by atoms with van der Waals surface area (Å²) in [6.45, 7) is -0.808. The van der Waals surface area contributed by atoms with Crippen molar-refractivity contribution in [2.24, 2.45) is 0 Å². The fraction of sp³-hybridized carbons (Fsp3) is 1.00. The number of hydrogen-bond acceptors (Lipinski definition) is 8. The monoisotopic (exact) mass is 238 g/mol. The van der Waals surface area contributed by atoms with Gasteiger partial charge in [-0.15, -0.1) is 0 Å². The highest BCUT2D eigenvalue weighted by Crippen LogP contribution is 2.19. The molecule has 0 aliphatic rings. The summed E-state index contributed by atoms with van der Waals surface area (Å²) in [6, 6.07) is 0. The van der Waals surface area contributed by atoms with E-state index in [0.29, 0.717) is 0 Å². The Hall–Kier alpha value is -2.40. The van der Waals surface area contributed by atoms with Crippen LogP contribution in [0, 0.1) is 40.5 Å². The third-order valence-corrected chi connectivity index (χ3v) is 1.73. The third-order valence-electron chi connectivity index (χ3n) is 1.73. The van der Waals surface area contributed by atoms with Gasteiger partial charge in [-0.1, -0.05) is 0 Å². The van der Waals surface area contributed by atoms with E-state index in [2.05, 4.69) is 0 Å². The Morgan fingerprint density at radius 3 is 1.44 bits per heavy atom. The van der Waals surface area contributed by atoms with E-state index in [9.17, 15) is 40.5 Å². The van der Waals surface area contributed by atoms with Crippen molar-refractivity contribution in [1.29, 1.82) is 0 Å². The van der Waals surface area contributed by atoms with Crippen LogP contribution in [0.15, 0.2) is 0 Å². The molecule has 16 heavy (non-hydrogen) atoms. The average Bonchev–Trinajstić information content (AvgIpc) is 2.09. The molecule has 12 heteroatoms. The van der Waals surface area contributed by atoms with Gasteiger partial charge >= 0.3 is 5.79 Å². The fourth-order valence-corrected chi connectivity index (χ4v) is 0.919. The van der Waals surface area contributed by atoms with Crippen LogP contribution in [-0.2, 0) is 0 Å². The third kappa shape index (κ3) is 2.55. The molecule has 0 bridgehead atoms. The second-order valence-corrected chi connectivity index (χ2v) is 2.71. The van der Waals surface area contributed by atoms with E-state index in [1.165, 1.54) is 0 Å². The summed E-state index contributed by atoms with van der Waals surface area (Å²) in [4.78, 5) is 35.0. The summed E-state index contributed by atoms with van der Waals surface area (Å²) in [5, 5.41) is 40.9. The minimum Gasteiger partial charge on any atom is -0.265 e. The molecule has 0 spiro atoms. The van der Waals surface area contributed by atoms with E-state index < -0.39 is 44.9 Å². The molecule has 0 aromatic rings. The van der Waals surface area contributed by atoms with Crippen LogP contribution in [0.5, 0.6) is 0 Å². The lowest BCUT2D eigenvalue weighted by Crippen LogP contribution is -2.53. The van der Waals surface area contributed by atoms with E-state index in [0.717, 1.165) is 0 Å². The van der Waals surface area contributed by atoms with Crippen LogP contribution in [0.2, 0.25) is 0 Å². The number of hydrogen-bond donors (Lipinski definition) is 0. The summed E-state index contributed by atoms with van der Waals surface area (Å²) in [5.41, 5.74) is 0. The largest absolute Gasteiger partial charge is 0.700 e. The van der Waals surface area contributed by atoms with Gasteiger partial charge in [0.2, 0.25) is 6.54 Å². The highest BCUT2D eigenvalue weighted by atomic mass is 16.7. The van der Waals surface area contributed by atoms with Gasteiger partial charge in [0.05, 0.1) is 0 Å². The first kappa shape index (κ1) is 13.6. The molecule has 0 rings (SSSR count). The predicted molar refractivity (Wildman–Crippen MR) is 44.8 cm³/mol. The van der Waals surface area contributed by atoms with E-state index in [1.54, 1.807) is 0 Å². The van der Waals surface area contributed by atoms with Gasteiger partial charge < -0.3 is 0 Å². The van der Waals surface area contributed by atoms with Crippen LogP contribution in [-0.4, -0.2) is 32.0 Å². The van der Waals surface area contributed by atoms with Gasteiger partial charge in [0.25, 0.3) is 0 Å². The Morgan fingerprint density at radius 1 is 0.812 bits per heavy atom. The normalized spacial score (nSPS) is 10.8. The van der Waals surface area contributed by atoms with Crippen molar-refractivity contribution in [3.63, 3.8) is 0 Å². The van der Waals surface area contributed by atoms with Gasteiger partial charge in [-0.3, -0.25) is 40.5 Å². The van der Waals surface area contributed by atoms with Gasteiger partial charge in [0, 0.05) is 11.3 Å².